The van der Waals surface area contributed by atoms with Crippen LogP contribution >= 0.6 is 11.6 Å². The minimum absolute atomic E-state index is 0.0469. The predicted molar refractivity (Wildman–Crippen MR) is 114 cm³/mol. The van der Waals surface area contributed by atoms with Crippen molar-refractivity contribution in [3.63, 3.8) is 0 Å². The molecule has 0 saturated carbocycles. The zero-order chi connectivity index (χ0) is 21.8. The Kier molecular flexibility index (Phi) is 6.72. The van der Waals surface area contributed by atoms with Gasteiger partial charge in [-0.1, -0.05) is 37.6 Å². The second kappa shape index (κ2) is 9.26. The normalized spacial score (nSPS) is 16.6. The van der Waals surface area contributed by atoms with Crippen molar-refractivity contribution in [2.24, 2.45) is 16.6 Å². The molecule has 158 valence electrons. The molecule has 6 nitrogen and oxygen atoms in total. The predicted octanol–water partition coefficient (Wildman–Crippen LogP) is 3.48. The summed E-state index contributed by atoms with van der Waals surface area (Å²) in [6, 6.07) is 10.9. The second-order valence-corrected chi connectivity index (χ2v) is 8.08. The van der Waals surface area contributed by atoms with E-state index in [1.54, 1.807) is 24.3 Å². The molecule has 2 amide bonds. The van der Waals surface area contributed by atoms with Crippen molar-refractivity contribution in [1.82, 2.24) is 10.2 Å². The molecule has 0 bridgehead atoms. The number of nitrogens with two attached hydrogens (primary N) is 1. The van der Waals surface area contributed by atoms with Crippen LogP contribution in [0.25, 0.3) is 0 Å². The van der Waals surface area contributed by atoms with Crippen LogP contribution in [0, 0.1) is 11.7 Å². The summed E-state index contributed by atoms with van der Waals surface area (Å²) < 4.78 is 14.2. The van der Waals surface area contributed by atoms with Crippen LogP contribution in [0.15, 0.2) is 47.5 Å². The molecule has 0 spiro atoms. The first-order valence-corrected chi connectivity index (χ1v) is 10.1. The number of aliphatic imine (C=N–C) groups is 1. The Morgan fingerprint density at radius 3 is 2.73 bits per heavy atom. The third-order valence-electron chi connectivity index (χ3n) is 4.93. The lowest BCUT2D eigenvalue weighted by molar-refractivity contribution is -0.129. The van der Waals surface area contributed by atoms with Crippen LogP contribution in [0.5, 0.6) is 0 Å². The van der Waals surface area contributed by atoms with Crippen LogP contribution in [-0.2, 0) is 17.9 Å². The highest BCUT2D eigenvalue weighted by Gasteiger charge is 2.29. The molecule has 8 heteroatoms. The first kappa shape index (κ1) is 21.8. The smallest absolute Gasteiger partial charge is 0.251 e. The van der Waals surface area contributed by atoms with Crippen molar-refractivity contribution in [1.29, 1.82) is 0 Å². The molecule has 1 unspecified atom stereocenters. The number of nitrogens with zero attached hydrogens (tertiary/aromatic N) is 2. The van der Waals surface area contributed by atoms with Gasteiger partial charge >= 0.3 is 0 Å². The number of benzene rings is 2. The molecule has 0 aromatic heterocycles. The first-order valence-electron chi connectivity index (χ1n) is 9.68. The van der Waals surface area contributed by atoms with E-state index in [4.69, 9.17) is 17.3 Å². The van der Waals surface area contributed by atoms with Crippen LogP contribution < -0.4 is 11.1 Å². The fraction of sp³-hybridized carbons (Fsp3) is 0.318. The van der Waals surface area contributed by atoms with E-state index in [0.717, 1.165) is 11.6 Å². The van der Waals surface area contributed by atoms with Crippen molar-refractivity contribution in [3.05, 3.63) is 70.0 Å². The van der Waals surface area contributed by atoms with E-state index in [2.05, 4.69) is 10.3 Å². The summed E-state index contributed by atoms with van der Waals surface area (Å²) in [4.78, 5) is 30.7. The van der Waals surface area contributed by atoms with Crippen molar-refractivity contribution >= 4 is 29.4 Å². The van der Waals surface area contributed by atoms with E-state index in [-0.39, 0.29) is 48.9 Å². The van der Waals surface area contributed by atoms with E-state index >= 15 is 0 Å². The molecule has 0 radical (unpaired) electrons. The van der Waals surface area contributed by atoms with E-state index < -0.39 is 11.7 Å². The summed E-state index contributed by atoms with van der Waals surface area (Å²) in [7, 11) is 0. The molecule has 1 heterocycles. The Balaban J connectivity index is 1.72. The minimum atomic E-state index is -0.569. The fourth-order valence-corrected chi connectivity index (χ4v) is 3.46. The molecular formula is C22H24ClFN4O2. The zero-order valence-corrected chi connectivity index (χ0v) is 17.6. The summed E-state index contributed by atoms with van der Waals surface area (Å²) >= 11 is 5.95. The second-order valence-electron chi connectivity index (χ2n) is 7.64. The summed E-state index contributed by atoms with van der Waals surface area (Å²) in [5.74, 6) is -0.861. The Hall–Kier alpha value is -2.93. The zero-order valence-electron chi connectivity index (χ0n) is 16.9. The summed E-state index contributed by atoms with van der Waals surface area (Å²) in [5.41, 5.74) is 7.42. The highest BCUT2D eigenvalue weighted by atomic mass is 35.5. The van der Waals surface area contributed by atoms with Crippen molar-refractivity contribution in [2.45, 2.75) is 39.4 Å². The van der Waals surface area contributed by atoms with E-state index in [1.807, 2.05) is 19.9 Å². The van der Waals surface area contributed by atoms with Crippen LogP contribution in [0.3, 0.4) is 0 Å². The van der Waals surface area contributed by atoms with Gasteiger partial charge in [0.15, 0.2) is 5.96 Å². The molecule has 1 aliphatic heterocycles. The van der Waals surface area contributed by atoms with Crippen LogP contribution in [0.2, 0.25) is 5.02 Å². The summed E-state index contributed by atoms with van der Waals surface area (Å²) in [5, 5.41) is 3.31. The third kappa shape index (κ3) is 5.36. The number of carbonyl (C=O) groups excluding carboxylic acids is 2. The maximum atomic E-state index is 14.2. The van der Waals surface area contributed by atoms with E-state index in [1.165, 1.54) is 11.0 Å². The lowest BCUT2D eigenvalue weighted by atomic mass is 9.99. The first-order chi connectivity index (χ1) is 14.2. The molecule has 1 atom stereocenters. The number of hydrogen-bond acceptors (Lipinski definition) is 4. The number of carbonyl (C=O) groups is 2. The molecule has 3 rings (SSSR count). The van der Waals surface area contributed by atoms with Crippen molar-refractivity contribution in [3.8, 4) is 0 Å². The van der Waals surface area contributed by atoms with Gasteiger partial charge in [-0.05, 0) is 47.4 Å². The third-order valence-corrected chi connectivity index (χ3v) is 5.17. The Bertz CT molecular complexity index is 993. The van der Waals surface area contributed by atoms with Gasteiger partial charge in [0.25, 0.3) is 5.91 Å². The van der Waals surface area contributed by atoms with Crippen LogP contribution in [-0.4, -0.2) is 28.7 Å². The molecule has 0 saturated heterocycles. The SMILES string of the molecule is CC(C)C1CC(=O)N(Cc2cc(F)cc(C(=O)NCc3cccc(Cl)c3)c2)C(N)=N1. The van der Waals surface area contributed by atoms with Gasteiger partial charge in [-0.25, -0.2) is 9.38 Å². The maximum Gasteiger partial charge on any atom is 0.251 e. The Morgan fingerprint density at radius 2 is 2.07 bits per heavy atom. The van der Waals surface area contributed by atoms with Gasteiger partial charge in [0.2, 0.25) is 5.91 Å². The van der Waals surface area contributed by atoms with Crippen LogP contribution in [0.4, 0.5) is 4.39 Å². The molecule has 0 aliphatic carbocycles. The molecule has 0 fully saturated rings. The molecular weight excluding hydrogens is 407 g/mol. The van der Waals surface area contributed by atoms with Gasteiger partial charge in [-0.3, -0.25) is 14.5 Å². The molecule has 2 aromatic carbocycles. The van der Waals surface area contributed by atoms with Crippen molar-refractivity contribution < 1.29 is 14.0 Å². The van der Waals surface area contributed by atoms with E-state index in [9.17, 15) is 14.0 Å². The minimum Gasteiger partial charge on any atom is -0.369 e. The Morgan fingerprint density at radius 1 is 1.30 bits per heavy atom. The van der Waals surface area contributed by atoms with Crippen molar-refractivity contribution in [2.75, 3.05) is 0 Å². The molecule has 2 aromatic rings. The fourth-order valence-electron chi connectivity index (χ4n) is 3.24. The number of hydrogen-bond donors (Lipinski definition) is 2. The molecule has 30 heavy (non-hydrogen) atoms. The largest absolute Gasteiger partial charge is 0.369 e. The molecule has 1 aliphatic rings. The highest BCUT2D eigenvalue weighted by Crippen LogP contribution is 2.20. The standard InChI is InChI=1S/C22H24ClFN4O2/c1-13(2)19-10-20(29)28(22(25)27-19)12-15-6-16(9-18(24)8-15)21(30)26-11-14-4-3-5-17(23)7-14/h3-9,13,19H,10-12H2,1-2H3,(H2,25,27)(H,26,30). The average molecular weight is 431 g/mol. The number of halogens is 2. The maximum absolute atomic E-state index is 14.2. The monoisotopic (exact) mass is 430 g/mol. The quantitative estimate of drug-likeness (QED) is 0.735. The molecule has 3 N–H and O–H groups in total. The highest BCUT2D eigenvalue weighted by molar-refractivity contribution is 6.30. The lowest BCUT2D eigenvalue weighted by Gasteiger charge is -2.30. The topological polar surface area (TPSA) is 87.8 Å². The number of guanidine groups is 1. The van der Waals surface area contributed by atoms with Gasteiger partial charge in [0, 0.05) is 17.1 Å². The van der Waals surface area contributed by atoms with Gasteiger partial charge in [0.05, 0.1) is 19.0 Å². The average Bonchev–Trinajstić information content (AvgIpc) is 2.68. The van der Waals surface area contributed by atoms with Gasteiger partial charge < -0.3 is 11.1 Å². The van der Waals surface area contributed by atoms with Crippen LogP contribution in [0.1, 0.15) is 41.8 Å². The number of rotatable bonds is 6. The number of nitrogens with one attached hydrogen (secondary N) is 1. The summed E-state index contributed by atoms with van der Waals surface area (Å²) in [6.45, 7) is 4.26. The van der Waals surface area contributed by atoms with Gasteiger partial charge in [-0.2, -0.15) is 0 Å². The van der Waals surface area contributed by atoms with Gasteiger partial charge in [-0.15, -0.1) is 0 Å². The number of amides is 2. The van der Waals surface area contributed by atoms with Gasteiger partial charge in [0.1, 0.15) is 5.82 Å². The summed E-state index contributed by atoms with van der Waals surface area (Å²) in [6.07, 6.45) is 0.251. The Labute approximate surface area is 179 Å². The van der Waals surface area contributed by atoms with E-state index in [0.29, 0.717) is 10.6 Å². The lowest BCUT2D eigenvalue weighted by Crippen LogP contribution is -2.47.